The Bertz CT molecular complexity index is 1060. The normalized spacial score (nSPS) is 10.3. The van der Waals surface area contributed by atoms with Gasteiger partial charge in [0.25, 0.3) is 0 Å². The van der Waals surface area contributed by atoms with Gasteiger partial charge in [0.05, 0.1) is 18.7 Å². The van der Waals surface area contributed by atoms with Crippen LogP contribution in [-0.4, -0.2) is 18.2 Å². The Hall–Kier alpha value is -3.58. The standard InChI is InChI=1S/C24H21NO3/c1-16-12-19(6-9-22(16)18-5-3-4-17(13-18)15-25)23-10-8-21(28-2)14-20(23)7-11-24(26)27/h3-6,8-10,12-14H,7,11H2,1-2H3,(H,26,27). The SMILES string of the molecule is COc1ccc(-c2ccc(-c3cccc(C#N)c3)c(C)c2)c(CCC(=O)O)c1. The Balaban J connectivity index is 2.01. The van der Waals surface area contributed by atoms with Crippen LogP contribution in [0.25, 0.3) is 22.3 Å². The van der Waals surface area contributed by atoms with Gasteiger partial charge in [-0.25, -0.2) is 0 Å². The van der Waals surface area contributed by atoms with Crippen molar-refractivity contribution >= 4 is 5.97 Å². The molecule has 140 valence electrons. The second kappa shape index (κ2) is 8.41. The molecule has 0 heterocycles. The fraction of sp³-hybridized carbons (Fsp3) is 0.167. The summed E-state index contributed by atoms with van der Waals surface area (Å²) in [4.78, 5) is 11.0. The lowest BCUT2D eigenvalue weighted by molar-refractivity contribution is -0.136. The van der Waals surface area contributed by atoms with Crippen LogP contribution in [0.3, 0.4) is 0 Å². The van der Waals surface area contributed by atoms with E-state index in [4.69, 9.17) is 15.1 Å². The van der Waals surface area contributed by atoms with E-state index in [1.54, 1.807) is 13.2 Å². The molecule has 0 atom stereocenters. The number of carboxylic acids is 1. The van der Waals surface area contributed by atoms with E-state index in [2.05, 4.69) is 12.1 Å². The molecule has 0 aliphatic rings. The van der Waals surface area contributed by atoms with E-state index in [0.29, 0.717) is 17.7 Å². The molecule has 3 aromatic carbocycles. The van der Waals surface area contributed by atoms with E-state index in [1.165, 1.54) is 0 Å². The second-order valence-electron chi connectivity index (χ2n) is 6.64. The van der Waals surface area contributed by atoms with Gasteiger partial charge >= 0.3 is 5.97 Å². The van der Waals surface area contributed by atoms with Gasteiger partial charge < -0.3 is 9.84 Å². The van der Waals surface area contributed by atoms with Crippen LogP contribution in [0.1, 0.15) is 23.1 Å². The van der Waals surface area contributed by atoms with Crippen molar-refractivity contribution in [3.05, 3.63) is 77.4 Å². The van der Waals surface area contributed by atoms with Crippen molar-refractivity contribution in [3.8, 4) is 34.1 Å². The summed E-state index contributed by atoms with van der Waals surface area (Å²) in [5, 5.41) is 18.2. The summed E-state index contributed by atoms with van der Waals surface area (Å²) in [5.74, 6) is -0.108. The van der Waals surface area contributed by atoms with Gasteiger partial charge in [0.15, 0.2) is 0 Å². The monoisotopic (exact) mass is 371 g/mol. The van der Waals surface area contributed by atoms with Crippen molar-refractivity contribution in [1.29, 1.82) is 5.26 Å². The van der Waals surface area contributed by atoms with E-state index >= 15 is 0 Å². The molecule has 0 aliphatic heterocycles. The van der Waals surface area contributed by atoms with Crippen molar-refractivity contribution in [2.45, 2.75) is 19.8 Å². The first-order chi connectivity index (χ1) is 13.5. The van der Waals surface area contributed by atoms with E-state index in [-0.39, 0.29) is 6.42 Å². The molecule has 4 nitrogen and oxygen atoms in total. The van der Waals surface area contributed by atoms with Crippen LogP contribution >= 0.6 is 0 Å². The van der Waals surface area contributed by atoms with Crippen molar-refractivity contribution in [2.75, 3.05) is 7.11 Å². The van der Waals surface area contributed by atoms with E-state index in [0.717, 1.165) is 33.4 Å². The van der Waals surface area contributed by atoms with Gasteiger partial charge in [-0.3, -0.25) is 4.79 Å². The van der Waals surface area contributed by atoms with Gasteiger partial charge in [0.2, 0.25) is 0 Å². The fourth-order valence-corrected chi connectivity index (χ4v) is 3.34. The van der Waals surface area contributed by atoms with Crippen LogP contribution in [-0.2, 0) is 11.2 Å². The molecule has 1 N–H and O–H groups in total. The maximum Gasteiger partial charge on any atom is 0.303 e. The largest absolute Gasteiger partial charge is 0.497 e. The van der Waals surface area contributed by atoms with E-state index in [9.17, 15) is 4.79 Å². The Kier molecular flexibility index (Phi) is 5.76. The Morgan fingerprint density at radius 1 is 1.04 bits per heavy atom. The average molecular weight is 371 g/mol. The zero-order valence-electron chi connectivity index (χ0n) is 15.9. The number of nitriles is 1. The molecule has 0 saturated heterocycles. The third-order valence-corrected chi connectivity index (χ3v) is 4.76. The molecule has 0 amide bonds. The molecule has 0 spiro atoms. The molecule has 3 rings (SSSR count). The van der Waals surface area contributed by atoms with Crippen LogP contribution in [0, 0.1) is 18.3 Å². The van der Waals surface area contributed by atoms with Gasteiger partial charge in [0.1, 0.15) is 5.75 Å². The maximum absolute atomic E-state index is 11.0. The molecule has 0 saturated carbocycles. The number of carboxylic acid groups (broad SMARTS) is 1. The molecule has 0 aliphatic carbocycles. The number of carbonyl (C=O) groups is 1. The molecular formula is C24H21NO3. The average Bonchev–Trinajstić information content (AvgIpc) is 2.71. The number of benzene rings is 3. The minimum absolute atomic E-state index is 0.0676. The highest BCUT2D eigenvalue weighted by Crippen LogP contribution is 2.32. The Morgan fingerprint density at radius 3 is 2.46 bits per heavy atom. The van der Waals surface area contributed by atoms with E-state index < -0.39 is 5.97 Å². The molecule has 3 aromatic rings. The quantitative estimate of drug-likeness (QED) is 0.644. The second-order valence-corrected chi connectivity index (χ2v) is 6.64. The summed E-state index contributed by atoms with van der Waals surface area (Å²) in [6.45, 7) is 2.04. The minimum Gasteiger partial charge on any atom is -0.497 e. The third-order valence-electron chi connectivity index (χ3n) is 4.76. The van der Waals surface area contributed by atoms with Gasteiger partial charge in [-0.2, -0.15) is 5.26 Å². The first kappa shape index (κ1) is 19.2. The molecule has 0 bridgehead atoms. The van der Waals surface area contributed by atoms with Crippen LogP contribution < -0.4 is 4.74 Å². The zero-order valence-corrected chi connectivity index (χ0v) is 15.9. The van der Waals surface area contributed by atoms with Crippen molar-refractivity contribution in [2.24, 2.45) is 0 Å². The highest BCUT2D eigenvalue weighted by atomic mass is 16.5. The van der Waals surface area contributed by atoms with Crippen LogP contribution in [0.15, 0.2) is 60.7 Å². The molecule has 0 unspecified atom stereocenters. The van der Waals surface area contributed by atoms with Crippen molar-refractivity contribution in [1.82, 2.24) is 0 Å². The molecule has 0 aromatic heterocycles. The molecule has 28 heavy (non-hydrogen) atoms. The predicted octanol–water partition coefficient (Wildman–Crippen LogP) is 5.23. The van der Waals surface area contributed by atoms with Gasteiger partial charge in [-0.15, -0.1) is 0 Å². The number of rotatable bonds is 6. The summed E-state index contributed by atoms with van der Waals surface area (Å²) in [6, 6.07) is 21.7. The number of aliphatic carboxylic acids is 1. The predicted molar refractivity (Wildman–Crippen MR) is 109 cm³/mol. The summed E-state index contributed by atoms with van der Waals surface area (Å²) < 4.78 is 5.30. The zero-order chi connectivity index (χ0) is 20.1. The molecule has 4 heteroatoms. The Morgan fingerprint density at radius 2 is 1.79 bits per heavy atom. The van der Waals surface area contributed by atoms with Crippen LogP contribution in [0.2, 0.25) is 0 Å². The van der Waals surface area contributed by atoms with Crippen LogP contribution in [0.5, 0.6) is 5.75 Å². The lowest BCUT2D eigenvalue weighted by atomic mass is 9.92. The number of methoxy groups -OCH3 is 1. The summed E-state index contributed by atoms with van der Waals surface area (Å²) in [7, 11) is 1.60. The lowest BCUT2D eigenvalue weighted by Gasteiger charge is -2.14. The fourth-order valence-electron chi connectivity index (χ4n) is 3.34. The smallest absolute Gasteiger partial charge is 0.303 e. The third kappa shape index (κ3) is 4.21. The van der Waals surface area contributed by atoms with Crippen molar-refractivity contribution in [3.63, 3.8) is 0 Å². The highest BCUT2D eigenvalue weighted by Gasteiger charge is 2.11. The summed E-state index contributed by atoms with van der Waals surface area (Å²) >= 11 is 0. The number of ether oxygens (including phenoxy) is 1. The molecule has 0 fully saturated rings. The lowest BCUT2D eigenvalue weighted by Crippen LogP contribution is -2.00. The number of hydrogen-bond donors (Lipinski definition) is 1. The number of nitrogens with zero attached hydrogens (tertiary/aromatic N) is 1. The topological polar surface area (TPSA) is 70.3 Å². The molecular weight excluding hydrogens is 350 g/mol. The van der Waals surface area contributed by atoms with E-state index in [1.807, 2.05) is 55.5 Å². The first-order valence-electron chi connectivity index (χ1n) is 9.02. The van der Waals surface area contributed by atoms with Gasteiger partial charge in [-0.1, -0.05) is 36.4 Å². The van der Waals surface area contributed by atoms with Crippen molar-refractivity contribution < 1.29 is 14.6 Å². The summed E-state index contributed by atoms with van der Waals surface area (Å²) in [6.07, 6.45) is 0.505. The highest BCUT2D eigenvalue weighted by molar-refractivity contribution is 5.76. The van der Waals surface area contributed by atoms with Gasteiger partial charge in [0, 0.05) is 6.42 Å². The Labute approximate surface area is 164 Å². The van der Waals surface area contributed by atoms with Crippen LogP contribution in [0.4, 0.5) is 0 Å². The van der Waals surface area contributed by atoms with Gasteiger partial charge in [-0.05, 0) is 71.0 Å². The number of hydrogen-bond acceptors (Lipinski definition) is 3. The number of aryl methyl sites for hydroxylation is 2. The molecule has 0 radical (unpaired) electrons. The first-order valence-corrected chi connectivity index (χ1v) is 9.02. The minimum atomic E-state index is -0.822. The maximum atomic E-state index is 11.0. The summed E-state index contributed by atoms with van der Waals surface area (Å²) in [5.41, 5.74) is 6.77.